The number of amidine groups is 1. The van der Waals surface area contributed by atoms with Gasteiger partial charge in [0.25, 0.3) is 0 Å². The maximum absolute atomic E-state index is 10.7. The van der Waals surface area contributed by atoms with Crippen LogP contribution in [-0.2, 0) is 9.53 Å². The van der Waals surface area contributed by atoms with Crippen molar-refractivity contribution in [2.75, 3.05) is 20.3 Å². The molecule has 0 saturated heterocycles. The highest BCUT2D eigenvalue weighted by Crippen LogP contribution is 1.93. The van der Waals surface area contributed by atoms with Crippen LogP contribution in [0.15, 0.2) is 0 Å². The molecule has 0 amide bonds. The second kappa shape index (κ2) is 6.38. The molecule has 0 unspecified atom stereocenters. The van der Waals surface area contributed by atoms with Crippen LogP contribution in [0, 0.1) is 5.41 Å². The number of ether oxygens (including phenoxy) is 1. The van der Waals surface area contributed by atoms with E-state index in [1.54, 1.807) is 0 Å². The van der Waals surface area contributed by atoms with E-state index in [0.29, 0.717) is 12.8 Å². The van der Waals surface area contributed by atoms with Gasteiger partial charge in [-0.2, -0.15) is 0 Å². The number of aliphatic hydroxyl groups is 1. The summed E-state index contributed by atoms with van der Waals surface area (Å²) in [6.07, 6.45) is 0.817. The number of esters is 1. The lowest BCUT2D eigenvalue weighted by Crippen LogP contribution is -2.41. The van der Waals surface area contributed by atoms with Crippen molar-refractivity contribution in [1.29, 1.82) is 5.41 Å². The van der Waals surface area contributed by atoms with Gasteiger partial charge in [-0.3, -0.25) is 15.2 Å². The molecule has 0 aliphatic heterocycles. The van der Waals surface area contributed by atoms with E-state index in [4.69, 9.17) is 16.4 Å². The van der Waals surface area contributed by atoms with E-state index < -0.39 is 5.97 Å². The van der Waals surface area contributed by atoms with Gasteiger partial charge in [-0.15, -0.1) is 0 Å². The Morgan fingerprint density at radius 3 is 2.77 bits per heavy atom. The van der Waals surface area contributed by atoms with E-state index in [1.807, 2.05) is 0 Å². The topological polar surface area (TPSA) is 99.6 Å². The summed E-state index contributed by atoms with van der Waals surface area (Å²) in [5.41, 5.74) is 0. The molecule has 0 aromatic heterocycles. The average Bonchev–Trinajstić information content (AvgIpc) is 2.13. The van der Waals surface area contributed by atoms with Crippen LogP contribution in [0.2, 0.25) is 0 Å². The Morgan fingerprint density at radius 1 is 1.69 bits per heavy atom. The Hall–Kier alpha value is -1.14. The van der Waals surface area contributed by atoms with Crippen LogP contribution < -0.4 is 5.84 Å². The van der Waals surface area contributed by atoms with Crippen molar-refractivity contribution in [3.63, 3.8) is 0 Å². The number of hydrazine groups is 1. The predicted molar refractivity (Wildman–Crippen MR) is 47.0 cm³/mol. The molecule has 0 fully saturated rings. The summed E-state index contributed by atoms with van der Waals surface area (Å²) in [6.45, 7) is -0.130. The fourth-order valence-electron chi connectivity index (χ4n) is 0.689. The third kappa shape index (κ3) is 5.15. The summed E-state index contributed by atoms with van der Waals surface area (Å²) < 4.78 is 4.37. The Balaban J connectivity index is 3.75. The molecule has 0 atom stereocenters. The van der Waals surface area contributed by atoms with E-state index in [-0.39, 0.29) is 19.0 Å². The first-order valence-electron chi connectivity index (χ1n) is 3.89. The molecular formula is C7H15N3O3. The molecule has 76 valence electrons. The number of nitrogens with two attached hydrogens (primary N) is 1. The maximum Gasteiger partial charge on any atom is 0.326 e. The lowest BCUT2D eigenvalue weighted by molar-refractivity contribution is -0.141. The summed E-state index contributed by atoms with van der Waals surface area (Å²) in [6, 6.07) is 0. The van der Waals surface area contributed by atoms with E-state index in [1.165, 1.54) is 7.11 Å². The molecule has 0 heterocycles. The van der Waals surface area contributed by atoms with Gasteiger partial charge in [-0.1, -0.05) is 0 Å². The Kier molecular flexibility index (Phi) is 5.82. The van der Waals surface area contributed by atoms with Gasteiger partial charge in [0.05, 0.1) is 7.11 Å². The zero-order valence-electron chi connectivity index (χ0n) is 7.62. The minimum absolute atomic E-state index is 0.00838. The number of carbonyl (C=O) groups is 1. The lowest BCUT2D eigenvalue weighted by Gasteiger charge is -2.17. The second-order valence-electron chi connectivity index (χ2n) is 2.48. The molecule has 0 rings (SSSR count). The first kappa shape index (κ1) is 11.9. The van der Waals surface area contributed by atoms with Crippen LogP contribution in [0.1, 0.15) is 12.8 Å². The van der Waals surface area contributed by atoms with E-state index in [0.717, 1.165) is 5.01 Å². The van der Waals surface area contributed by atoms with Crippen molar-refractivity contribution in [3.8, 4) is 0 Å². The van der Waals surface area contributed by atoms with Gasteiger partial charge in [0.1, 0.15) is 12.4 Å². The number of hydrogen-bond acceptors (Lipinski definition) is 5. The van der Waals surface area contributed by atoms with E-state index >= 15 is 0 Å². The minimum atomic E-state index is -0.490. The zero-order valence-corrected chi connectivity index (χ0v) is 7.62. The van der Waals surface area contributed by atoms with Crippen molar-refractivity contribution in [3.05, 3.63) is 0 Å². The summed E-state index contributed by atoms with van der Waals surface area (Å²) in [7, 11) is 1.26. The first-order chi connectivity index (χ1) is 6.11. The maximum atomic E-state index is 10.7. The fraction of sp³-hybridized carbons (Fsp3) is 0.714. The highest BCUT2D eigenvalue weighted by molar-refractivity contribution is 5.83. The molecule has 6 heteroatoms. The van der Waals surface area contributed by atoms with E-state index in [2.05, 4.69) is 4.74 Å². The monoisotopic (exact) mass is 189 g/mol. The molecule has 0 saturated carbocycles. The number of nitrogens with one attached hydrogen (secondary N) is 1. The minimum Gasteiger partial charge on any atom is -0.468 e. The van der Waals surface area contributed by atoms with Crippen LogP contribution in [0.4, 0.5) is 0 Å². The number of carbonyl (C=O) groups excluding carboxylic acids is 1. The molecule has 6 nitrogen and oxygen atoms in total. The highest BCUT2D eigenvalue weighted by Gasteiger charge is 2.09. The van der Waals surface area contributed by atoms with Gasteiger partial charge in [0, 0.05) is 13.0 Å². The standard InChI is InChI=1S/C7H15N3O3/c1-13-7(12)5-10(9)6(8)3-2-4-11/h8,11H,2-5,9H2,1H3. The van der Waals surface area contributed by atoms with Crippen LogP contribution >= 0.6 is 0 Å². The van der Waals surface area contributed by atoms with Gasteiger partial charge >= 0.3 is 5.97 Å². The van der Waals surface area contributed by atoms with Crippen LogP contribution in [0.3, 0.4) is 0 Å². The van der Waals surface area contributed by atoms with Gasteiger partial charge in [0.15, 0.2) is 0 Å². The van der Waals surface area contributed by atoms with Crippen molar-refractivity contribution in [2.45, 2.75) is 12.8 Å². The van der Waals surface area contributed by atoms with Crippen LogP contribution in [0.5, 0.6) is 0 Å². The molecule has 13 heavy (non-hydrogen) atoms. The second-order valence-corrected chi connectivity index (χ2v) is 2.48. The average molecular weight is 189 g/mol. The normalized spacial score (nSPS) is 9.46. The van der Waals surface area contributed by atoms with Crippen molar-refractivity contribution in [1.82, 2.24) is 5.01 Å². The molecule has 0 radical (unpaired) electrons. The van der Waals surface area contributed by atoms with Gasteiger partial charge in [0.2, 0.25) is 0 Å². The fourth-order valence-corrected chi connectivity index (χ4v) is 0.689. The molecule has 0 bridgehead atoms. The summed E-state index contributed by atoms with van der Waals surface area (Å²) >= 11 is 0. The molecule has 0 spiro atoms. The number of methoxy groups -OCH3 is 1. The Bertz CT molecular complexity index is 184. The molecule has 0 aromatic rings. The lowest BCUT2D eigenvalue weighted by atomic mass is 10.3. The van der Waals surface area contributed by atoms with Crippen molar-refractivity contribution in [2.24, 2.45) is 5.84 Å². The third-order valence-corrected chi connectivity index (χ3v) is 1.45. The zero-order chi connectivity index (χ0) is 10.3. The predicted octanol–water partition coefficient (Wildman–Crippen LogP) is -0.915. The van der Waals surface area contributed by atoms with Crippen molar-refractivity contribution < 1.29 is 14.6 Å². The number of nitrogens with zero attached hydrogens (tertiary/aromatic N) is 1. The van der Waals surface area contributed by atoms with Crippen molar-refractivity contribution >= 4 is 11.8 Å². The largest absolute Gasteiger partial charge is 0.468 e. The molecular weight excluding hydrogens is 174 g/mol. The van der Waals surface area contributed by atoms with Gasteiger partial charge < -0.3 is 9.84 Å². The highest BCUT2D eigenvalue weighted by atomic mass is 16.5. The van der Waals surface area contributed by atoms with Crippen LogP contribution in [0.25, 0.3) is 0 Å². The number of aliphatic hydroxyl groups excluding tert-OH is 1. The first-order valence-corrected chi connectivity index (χ1v) is 3.89. The summed E-state index contributed by atoms with van der Waals surface area (Å²) in [5.74, 6) is 4.98. The molecule has 0 aliphatic carbocycles. The molecule has 4 N–H and O–H groups in total. The summed E-state index contributed by atoms with van der Waals surface area (Å²) in [5, 5.41) is 16.8. The van der Waals surface area contributed by atoms with Gasteiger partial charge in [-0.05, 0) is 6.42 Å². The third-order valence-electron chi connectivity index (χ3n) is 1.45. The number of hydrogen-bond donors (Lipinski definition) is 3. The quantitative estimate of drug-likeness (QED) is 0.171. The summed E-state index contributed by atoms with van der Waals surface area (Å²) in [4.78, 5) is 10.7. The molecule has 0 aliphatic rings. The van der Waals surface area contributed by atoms with Crippen LogP contribution in [-0.4, -0.2) is 42.2 Å². The smallest absolute Gasteiger partial charge is 0.326 e. The van der Waals surface area contributed by atoms with E-state index in [9.17, 15) is 4.79 Å². The Morgan fingerprint density at radius 2 is 2.31 bits per heavy atom. The van der Waals surface area contributed by atoms with Gasteiger partial charge in [-0.25, -0.2) is 5.84 Å². The SMILES string of the molecule is COC(=O)CN(N)C(=N)CCCO. The molecule has 0 aromatic carbocycles. The Labute approximate surface area is 76.8 Å². The number of rotatable bonds is 5.